The van der Waals surface area contributed by atoms with Gasteiger partial charge < -0.3 is 15.1 Å². The molecule has 1 saturated carbocycles. The van der Waals surface area contributed by atoms with Gasteiger partial charge in [-0.25, -0.2) is 15.0 Å². The van der Waals surface area contributed by atoms with Gasteiger partial charge in [-0.05, 0) is 87.8 Å². The molecule has 266 valence electrons. The van der Waals surface area contributed by atoms with Crippen LogP contribution in [0.5, 0.6) is 0 Å². The topological polar surface area (TPSA) is 143 Å². The van der Waals surface area contributed by atoms with Crippen LogP contribution >= 0.6 is 0 Å². The number of pyridine rings is 1. The molecule has 1 aromatic carbocycles. The monoisotopic (exact) mass is 690 g/mol. The van der Waals surface area contributed by atoms with Crippen molar-refractivity contribution in [1.29, 1.82) is 0 Å². The van der Waals surface area contributed by atoms with Crippen molar-refractivity contribution in [1.82, 2.24) is 34.5 Å². The van der Waals surface area contributed by atoms with Crippen LogP contribution in [0, 0.1) is 32.1 Å². The number of hydrogen-bond donors (Lipinski definition) is 1. The quantitative estimate of drug-likeness (QED) is 0.287. The molecule has 7 rings (SSSR count). The van der Waals surface area contributed by atoms with Gasteiger partial charge >= 0.3 is 0 Å². The average molecular weight is 691 g/mol. The van der Waals surface area contributed by atoms with E-state index < -0.39 is 6.04 Å². The van der Waals surface area contributed by atoms with E-state index in [-0.39, 0.29) is 47.4 Å². The summed E-state index contributed by atoms with van der Waals surface area (Å²) < 4.78 is 1.67. The predicted molar refractivity (Wildman–Crippen MR) is 193 cm³/mol. The van der Waals surface area contributed by atoms with Gasteiger partial charge in [-0.15, -0.1) is 0 Å². The second-order valence-electron chi connectivity index (χ2n) is 15.0. The fourth-order valence-electron chi connectivity index (χ4n) is 8.27. The number of carbonyl (C=O) groups is 4. The van der Waals surface area contributed by atoms with E-state index in [1.165, 1.54) is 6.92 Å². The highest BCUT2D eigenvalue weighted by Crippen LogP contribution is 2.60. The molecule has 0 unspecified atom stereocenters. The van der Waals surface area contributed by atoms with Gasteiger partial charge in [-0.1, -0.05) is 25.8 Å². The summed E-state index contributed by atoms with van der Waals surface area (Å²) in [6.07, 6.45) is 8.88. The Balaban J connectivity index is 1.31. The number of amides is 3. The molecule has 51 heavy (non-hydrogen) atoms. The van der Waals surface area contributed by atoms with Crippen molar-refractivity contribution in [2.24, 2.45) is 11.3 Å². The first-order valence-electron chi connectivity index (χ1n) is 18.0. The fourth-order valence-corrected chi connectivity index (χ4v) is 8.27. The average Bonchev–Trinajstić information content (AvgIpc) is 3.48. The number of aromatic nitrogens is 5. The van der Waals surface area contributed by atoms with E-state index in [0.717, 1.165) is 59.1 Å². The summed E-state index contributed by atoms with van der Waals surface area (Å²) >= 11 is 0. The van der Waals surface area contributed by atoms with E-state index in [2.05, 4.69) is 26.3 Å². The van der Waals surface area contributed by atoms with Crippen molar-refractivity contribution in [3.63, 3.8) is 0 Å². The fraction of sp³-hybridized carbons (Fsp3) is 0.487. The molecule has 0 radical (unpaired) electrons. The van der Waals surface area contributed by atoms with E-state index in [4.69, 9.17) is 5.10 Å². The zero-order chi connectivity index (χ0) is 36.2. The number of carbonyl (C=O) groups excluding carboxylic acids is 4. The number of piperidine rings is 1. The molecule has 3 amide bonds. The molecule has 4 aromatic rings. The molecule has 1 aliphatic carbocycles. The summed E-state index contributed by atoms with van der Waals surface area (Å²) in [5, 5.41) is 8.46. The van der Waals surface area contributed by atoms with Crippen LogP contribution in [-0.4, -0.2) is 83.7 Å². The molecule has 3 aromatic heterocycles. The minimum absolute atomic E-state index is 0.0938. The zero-order valence-corrected chi connectivity index (χ0v) is 30.3. The molecule has 4 atom stereocenters. The third-order valence-corrected chi connectivity index (χ3v) is 11.1. The van der Waals surface area contributed by atoms with E-state index in [1.54, 1.807) is 26.9 Å². The minimum atomic E-state index is -0.750. The second kappa shape index (κ2) is 13.3. The molecule has 1 saturated heterocycles. The number of anilines is 1. The first-order valence-corrected chi connectivity index (χ1v) is 18.0. The third kappa shape index (κ3) is 6.52. The van der Waals surface area contributed by atoms with Crippen molar-refractivity contribution in [3.05, 3.63) is 65.0 Å². The molecule has 1 N–H and O–H groups in total. The lowest BCUT2D eigenvalue weighted by atomic mass is 9.95. The highest BCUT2D eigenvalue weighted by atomic mass is 16.2. The Bertz CT molecular complexity index is 2060. The van der Waals surface area contributed by atoms with E-state index in [1.807, 2.05) is 52.9 Å². The van der Waals surface area contributed by atoms with Gasteiger partial charge in [0.05, 0.1) is 5.52 Å². The standard InChI is InChI=1S/C39H46N8O4/c1-22-12-13-24(3)42-36(22)43-37(50)31-16-39-17-32(39)47(31)33(49)20-46-35-27(11-9-7-8-10-23(2)38(51)45(6)21-39)14-28(29-18-40-26(5)41-19-29)15-30(35)34(44-46)25(4)48/h12-15,18-19,23,31-32H,7-11,16-17,20-21H2,1-6H3,(H,42,43,50)/t23-,31+,32-,39+/m1/s1. The van der Waals surface area contributed by atoms with Crippen LogP contribution in [0.3, 0.4) is 0 Å². The minimum Gasteiger partial charge on any atom is -0.345 e. The molecular weight excluding hydrogens is 644 g/mol. The number of ketones is 1. The Labute approximate surface area is 298 Å². The van der Waals surface area contributed by atoms with Crippen molar-refractivity contribution in [2.45, 2.75) is 98.2 Å². The lowest BCUT2D eigenvalue weighted by Gasteiger charge is -2.27. The Hall–Kier alpha value is -5.00. The van der Waals surface area contributed by atoms with Gasteiger partial charge in [0, 0.05) is 66.9 Å². The number of nitrogens with zero attached hydrogens (tertiary/aromatic N) is 7. The summed E-state index contributed by atoms with van der Waals surface area (Å²) in [4.78, 5) is 72.1. The summed E-state index contributed by atoms with van der Waals surface area (Å²) in [6.45, 7) is 9.42. The van der Waals surface area contributed by atoms with Crippen LogP contribution in [0.25, 0.3) is 22.0 Å². The molecule has 3 aliphatic rings. The highest BCUT2D eigenvalue weighted by molar-refractivity contribution is 6.07. The van der Waals surface area contributed by atoms with Crippen LogP contribution in [0.2, 0.25) is 0 Å². The number of benzene rings is 1. The van der Waals surface area contributed by atoms with Gasteiger partial charge in [0.1, 0.15) is 29.9 Å². The smallest absolute Gasteiger partial charge is 0.248 e. The first-order chi connectivity index (χ1) is 24.3. The highest BCUT2D eigenvalue weighted by Gasteiger charge is 2.67. The molecule has 2 aliphatic heterocycles. The molecule has 0 spiro atoms. The van der Waals surface area contributed by atoms with Gasteiger partial charge in [0.25, 0.3) is 0 Å². The number of Topliss-reactive ketones (excluding diaryl/α,β-unsaturated/α-hetero) is 1. The first kappa shape index (κ1) is 34.4. The molecule has 12 heteroatoms. The summed E-state index contributed by atoms with van der Waals surface area (Å²) in [6, 6.07) is 6.89. The molecule has 2 fully saturated rings. The Morgan fingerprint density at radius 1 is 0.980 bits per heavy atom. The van der Waals surface area contributed by atoms with E-state index >= 15 is 0 Å². The molecule has 5 heterocycles. The van der Waals surface area contributed by atoms with Crippen LogP contribution in [-0.2, 0) is 27.3 Å². The zero-order valence-electron chi connectivity index (χ0n) is 30.3. The molecule has 12 nitrogen and oxygen atoms in total. The van der Waals surface area contributed by atoms with Crippen LogP contribution in [0.15, 0.2) is 36.7 Å². The number of hydrogen-bond acceptors (Lipinski definition) is 8. The van der Waals surface area contributed by atoms with E-state index in [9.17, 15) is 19.2 Å². The lowest BCUT2D eigenvalue weighted by molar-refractivity contribution is -0.138. The number of nitrogens with one attached hydrogen (secondary N) is 1. The number of rotatable bonds is 4. The van der Waals surface area contributed by atoms with Crippen molar-refractivity contribution < 1.29 is 19.2 Å². The van der Waals surface area contributed by atoms with Crippen LogP contribution in [0.4, 0.5) is 5.82 Å². The van der Waals surface area contributed by atoms with Crippen molar-refractivity contribution in [2.75, 3.05) is 18.9 Å². The maximum Gasteiger partial charge on any atom is 0.248 e. The van der Waals surface area contributed by atoms with Gasteiger partial charge in [0.15, 0.2) is 5.78 Å². The SMILES string of the molecule is CC(=O)c1nn2c3c(cc(-c4cnc(C)nc4)cc13)CCCCC[C@@H](C)C(=O)N(C)C[C@@]13C[C@@H](C(=O)Nc4nc(C)ccc4C)N(C(=O)C2)[C@@H]1C3. The van der Waals surface area contributed by atoms with Crippen molar-refractivity contribution >= 4 is 40.2 Å². The normalized spacial score (nSPS) is 24.0. The summed E-state index contributed by atoms with van der Waals surface area (Å²) in [5.41, 5.74) is 4.95. The van der Waals surface area contributed by atoms with Gasteiger partial charge in [-0.2, -0.15) is 5.10 Å². The van der Waals surface area contributed by atoms with Crippen LogP contribution < -0.4 is 5.32 Å². The molecular formula is C39H46N8O4. The molecule has 2 bridgehead atoms. The van der Waals surface area contributed by atoms with Gasteiger partial charge in [-0.3, -0.25) is 23.9 Å². The Kier molecular flexibility index (Phi) is 8.97. The van der Waals surface area contributed by atoms with Gasteiger partial charge in [0.2, 0.25) is 17.7 Å². The second-order valence-corrected chi connectivity index (χ2v) is 15.0. The maximum atomic E-state index is 14.6. The predicted octanol–water partition coefficient (Wildman–Crippen LogP) is 5.23. The Morgan fingerprint density at radius 2 is 1.75 bits per heavy atom. The maximum absolute atomic E-state index is 14.6. The summed E-state index contributed by atoms with van der Waals surface area (Å²) in [7, 11) is 1.84. The summed E-state index contributed by atoms with van der Waals surface area (Å²) in [5.74, 6) is 0.355. The largest absolute Gasteiger partial charge is 0.345 e. The lowest BCUT2D eigenvalue weighted by Crippen LogP contribution is -2.47. The Morgan fingerprint density at radius 3 is 2.49 bits per heavy atom. The number of aryl methyl sites for hydroxylation is 4. The van der Waals surface area contributed by atoms with Crippen molar-refractivity contribution in [3.8, 4) is 11.1 Å². The van der Waals surface area contributed by atoms with Crippen LogP contribution in [0.1, 0.15) is 85.5 Å². The van der Waals surface area contributed by atoms with E-state index in [0.29, 0.717) is 48.5 Å². The third-order valence-electron chi connectivity index (χ3n) is 11.1.